The monoisotopic (exact) mass is 563 g/mol. The minimum absolute atomic E-state index is 0.0257. The first-order valence-corrected chi connectivity index (χ1v) is 12.3. The van der Waals surface area contributed by atoms with Gasteiger partial charge in [0.2, 0.25) is 0 Å². The minimum Gasteiger partial charge on any atom is -0.272 e. The van der Waals surface area contributed by atoms with Crippen LogP contribution in [0, 0.1) is 10.1 Å². The molecule has 180 valence electrons. The largest absolute Gasteiger partial charge is 0.276 e. The molecule has 4 aromatic rings. The molecule has 0 saturated carbocycles. The number of halogens is 1. The number of nitrogens with one attached hydrogen (secondary N) is 1. The summed E-state index contributed by atoms with van der Waals surface area (Å²) in [4.78, 5) is 40.8. The number of nitro benzene ring substituents is 1. The molecule has 0 aliphatic carbocycles. The molecular weight excluding hydrogens is 546 g/mol. The minimum atomic E-state index is -0.468. The molecule has 0 saturated heterocycles. The molecule has 0 radical (unpaired) electrons. The van der Waals surface area contributed by atoms with E-state index in [1.807, 2.05) is 12.1 Å². The Balaban J connectivity index is 1.47. The standard InChI is InChI=1S/C25H18BrN5O4S/c26-18-11-13-19(14-12-18)30-24(33)20-8-2-3-9-21(20)28-25(30)36-16-23(32)29-27-15-5-7-17-6-1-4-10-22(17)31(34)35/h1-15H,16H2,(H,29,32)/b7-5-,27-15+. The molecule has 0 bridgehead atoms. The second-order valence-electron chi connectivity index (χ2n) is 7.31. The van der Waals surface area contributed by atoms with Crippen molar-refractivity contribution in [1.29, 1.82) is 0 Å². The molecule has 1 heterocycles. The number of hydrogen-bond donors (Lipinski definition) is 1. The van der Waals surface area contributed by atoms with Gasteiger partial charge in [-0.1, -0.05) is 52.0 Å². The Morgan fingerprint density at radius 1 is 1.11 bits per heavy atom. The van der Waals surface area contributed by atoms with Crippen LogP contribution in [0.1, 0.15) is 5.56 Å². The van der Waals surface area contributed by atoms with Crippen LogP contribution in [0.2, 0.25) is 0 Å². The van der Waals surface area contributed by atoms with E-state index in [1.165, 1.54) is 29.0 Å². The van der Waals surface area contributed by atoms with Gasteiger partial charge in [0.25, 0.3) is 17.2 Å². The number of carbonyl (C=O) groups is 1. The smallest absolute Gasteiger partial charge is 0.272 e. The van der Waals surface area contributed by atoms with Crippen molar-refractivity contribution in [3.8, 4) is 5.69 Å². The molecule has 0 spiro atoms. The predicted octanol–water partition coefficient (Wildman–Crippen LogP) is 4.96. The van der Waals surface area contributed by atoms with E-state index in [1.54, 1.807) is 54.6 Å². The maximum Gasteiger partial charge on any atom is 0.276 e. The highest BCUT2D eigenvalue weighted by molar-refractivity contribution is 9.10. The molecule has 36 heavy (non-hydrogen) atoms. The zero-order valence-electron chi connectivity index (χ0n) is 18.6. The summed E-state index contributed by atoms with van der Waals surface area (Å²) in [6.45, 7) is 0. The van der Waals surface area contributed by atoms with E-state index in [9.17, 15) is 19.7 Å². The summed E-state index contributed by atoms with van der Waals surface area (Å²) in [6, 6.07) is 20.6. The van der Waals surface area contributed by atoms with Crippen molar-refractivity contribution in [2.45, 2.75) is 5.16 Å². The van der Waals surface area contributed by atoms with E-state index < -0.39 is 10.8 Å². The molecule has 1 amide bonds. The predicted molar refractivity (Wildman–Crippen MR) is 145 cm³/mol. The van der Waals surface area contributed by atoms with E-state index in [0.717, 1.165) is 16.2 Å². The van der Waals surface area contributed by atoms with Crippen molar-refractivity contribution in [3.63, 3.8) is 0 Å². The first-order valence-electron chi connectivity index (χ1n) is 10.6. The van der Waals surface area contributed by atoms with Crippen LogP contribution in [0.4, 0.5) is 5.69 Å². The number of rotatable bonds is 8. The molecule has 0 atom stereocenters. The Morgan fingerprint density at radius 2 is 1.83 bits per heavy atom. The Bertz CT molecular complexity index is 1550. The lowest BCUT2D eigenvalue weighted by molar-refractivity contribution is -0.385. The van der Waals surface area contributed by atoms with Gasteiger partial charge in [0, 0.05) is 16.8 Å². The summed E-state index contributed by atoms with van der Waals surface area (Å²) in [7, 11) is 0. The highest BCUT2D eigenvalue weighted by Gasteiger charge is 2.15. The van der Waals surface area contributed by atoms with Crippen molar-refractivity contribution in [2.75, 3.05) is 5.75 Å². The summed E-state index contributed by atoms with van der Waals surface area (Å²) in [5, 5.41) is 15.8. The topological polar surface area (TPSA) is 119 Å². The van der Waals surface area contributed by atoms with Gasteiger partial charge in [-0.05, 0) is 54.6 Å². The number of carbonyl (C=O) groups excluding carboxylic acids is 1. The average molecular weight is 564 g/mol. The lowest BCUT2D eigenvalue weighted by Crippen LogP contribution is -2.24. The number of nitro groups is 1. The van der Waals surface area contributed by atoms with Gasteiger partial charge < -0.3 is 0 Å². The average Bonchev–Trinajstić information content (AvgIpc) is 2.88. The Morgan fingerprint density at radius 3 is 2.61 bits per heavy atom. The molecule has 1 N–H and O–H groups in total. The number of thioether (sulfide) groups is 1. The van der Waals surface area contributed by atoms with Crippen LogP contribution in [0.15, 0.2) is 98.4 Å². The second kappa shape index (κ2) is 11.6. The summed E-state index contributed by atoms with van der Waals surface area (Å²) in [6.07, 6.45) is 4.34. The van der Waals surface area contributed by atoms with Crippen molar-refractivity contribution in [3.05, 3.63) is 109 Å². The number of para-hydroxylation sites is 2. The summed E-state index contributed by atoms with van der Waals surface area (Å²) in [5.74, 6) is -0.438. The van der Waals surface area contributed by atoms with Gasteiger partial charge in [-0.3, -0.25) is 24.3 Å². The summed E-state index contributed by atoms with van der Waals surface area (Å²) in [5.41, 5.74) is 3.73. The van der Waals surface area contributed by atoms with Crippen LogP contribution in [0.25, 0.3) is 22.7 Å². The lowest BCUT2D eigenvalue weighted by atomic mass is 10.2. The van der Waals surface area contributed by atoms with Gasteiger partial charge in [0.1, 0.15) is 0 Å². The molecule has 4 rings (SSSR count). The number of nitrogens with zero attached hydrogens (tertiary/aromatic N) is 4. The number of hydrogen-bond acceptors (Lipinski definition) is 7. The van der Waals surface area contributed by atoms with Crippen molar-refractivity contribution < 1.29 is 9.72 Å². The SMILES string of the molecule is O=C(CSc1nc2ccccc2c(=O)n1-c1ccc(Br)cc1)N/N=C/C=C\c1ccccc1[N+](=O)[O-]. The van der Waals surface area contributed by atoms with E-state index >= 15 is 0 Å². The number of hydrazone groups is 1. The van der Waals surface area contributed by atoms with Crippen LogP contribution >= 0.6 is 27.7 Å². The molecule has 9 nitrogen and oxygen atoms in total. The summed E-state index contributed by atoms with van der Waals surface area (Å²) >= 11 is 4.50. The number of aromatic nitrogens is 2. The van der Waals surface area contributed by atoms with Gasteiger partial charge in [0.15, 0.2) is 5.16 Å². The fourth-order valence-corrected chi connectivity index (χ4v) is 4.35. The van der Waals surface area contributed by atoms with Gasteiger partial charge >= 0.3 is 0 Å². The van der Waals surface area contributed by atoms with Gasteiger partial charge in [0.05, 0.1) is 32.8 Å². The molecule has 3 aromatic carbocycles. The molecule has 0 aliphatic rings. The maximum absolute atomic E-state index is 13.2. The van der Waals surface area contributed by atoms with E-state index in [0.29, 0.717) is 27.3 Å². The normalized spacial score (nSPS) is 11.4. The Hall–Kier alpha value is -4.09. The van der Waals surface area contributed by atoms with Crippen LogP contribution in [0.3, 0.4) is 0 Å². The number of fused-ring (bicyclic) bond motifs is 1. The zero-order valence-corrected chi connectivity index (χ0v) is 21.0. The third kappa shape index (κ3) is 5.93. The van der Waals surface area contributed by atoms with Gasteiger partial charge in [-0.2, -0.15) is 5.10 Å². The Labute approximate surface area is 217 Å². The molecule has 0 aliphatic heterocycles. The first kappa shape index (κ1) is 25.0. The van der Waals surface area contributed by atoms with Crippen LogP contribution < -0.4 is 11.0 Å². The molecule has 0 unspecified atom stereocenters. The molecule has 1 aromatic heterocycles. The van der Waals surface area contributed by atoms with E-state index in [-0.39, 0.29) is 17.0 Å². The molecule has 11 heteroatoms. The quantitative estimate of drug-likeness (QED) is 0.106. The first-order chi connectivity index (χ1) is 17.4. The number of amides is 1. The fourth-order valence-electron chi connectivity index (χ4n) is 3.28. The van der Waals surface area contributed by atoms with E-state index in [4.69, 9.17) is 0 Å². The zero-order chi connectivity index (χ0) is 25.5. The number of benzene rings is 3. The third-order valence-electron chi connectivity index (χ3n) is 4.92. The van der Waals surface area contributed by atoms with Crippen LogP contribution in [-0.4, -0.2) is 32.3 Å². The highest BCUT2D eigenvalue weighted by atomic mass is 79.9. The van der Waals surface area contributed by atoms with Gasteiger partial charge in [-0.15, -0.1) is 0 Å². The van der Waals surface area contributed by atoms with Crippen LogP contribution in [-0.2, 0) is 4.79 Å². The lowest BCUT2D eigenvalue weighted by Gasteiger charge is -2.13. The summed E-state index contributed by atoms with van der Waals surface area (Å²) < 4.78 is 2.35. The maximum atomic E-state index is 13.2. The Kier molecular flexibility index (Phi) is 8.03. The second-order valence-corrected chi connectivity index (χ2v) is 9.16. The molecular formula is C25H18BrN5O4S. The van der Waals surface area contributed by atoms with Crippen molar-refractivity contribution >= 4 is 62.5 Å². The van der Waals surface area contributed by atoms with Crippen molar-refractivity contribution in [2.24, 2.45) is 5.10 Å². The van der Waals surface area contributed by atoms with Crippen molar-refractivity contribution in [1.82, 2.24) is 15.0 Å². The van der Waals surface area contributed by atoms with Crippen LogP contribution in [0.5, 0.6) is 0 Å². The molecule has 0 fully saturated rings. The fraction of sp³-hybridized carbons (Fsp3) is 0.0400. The number of allylic oxidation sites excluding steroid dienone is 1. The van der Waals surface area contributed by atoms with E-state index in [2.05, 4.69) is 31.4 Å². The highest BCUT2D eigenvalue weighted by Crippen LogP contribution is 2.22. The van der Waals surface area contributed by atoms with Gasteiger partial charge in [-0.25, -0.2) is 10.4 Å². The third-order valence-corrected chi connectivity index (χ3v) is 6.39.